The van der Waals surface area contributed by atoms with Crippen LogP contribution < -0.4 is 5.56 Å². The van der Waals surface area contributed by atoms with E-state index in [0.717, 1.165) is 5.57 Å². The first-order valence-corrected chi connectivity index (χ1v) is 8.65. The van der Waals surface area contributed by atoms with E-state index in [1.807, 2.05) is 6.07 Å². The number of carbonyl (C=O) groups is 1. The predicted octanol–water partition coefficient (Wildman–Crippen LogP) is 2.07. The second-order valence-corrected chi connectivity index (χ2v) is 7.94. The maximum atomic E-state index is 12.9. The van der Waals surface area contributed by atoms with Crippen LogP contribution >= 0.6 is 0 Å². The van der Waals surface area contributed by atoms with Gasteiger partial charge in [0.1, 0.15) is 11.2 Å². The molecule has 0 unspecified atom stereocenters. The van der Waals surface area contributed by atoms with Crippen LogP contribution in [0, 0.1) is 23.2 Å². The van der Waals surface area contributed by atoms with Crippen LogP contribution in [0.1, 0.15) is 57.7 Å². The van der Waals surface area contributed by atoms with Crippen molar-refractivity contribution in [3.8, 4) is 17.9 Å². The minimum absolute atomic E-state index is 0.0554. The summed E-state index contributed by atoms with van der Waals surface area (Å²) in [6.45, 7) is 8.23. The normalized spacial score (nSPS) is 13.6. The standard InChI is InChI=1S/C21H24N2O4/c1-13-11-15-17(16(13)19(25)27-21(4,5)9-10-22)14(7-8-20(2,3)26)12-23(6)18(15)24/h12,26H,9,11H2,1-6H3. The van der Waals surface area contributed by atoms with Crippen LogP contribution in [0.3, 0.4) is 0 Å². The minimum atomic E-state index is -1.21. The van der Waals surface area contributed by atoms with Crippen molar-refractivity contribution >= 4 is 11.5 Å². The van der Waals surface area contributed by atoms with Gasteiger partial charge >= 0.3 is 5.97 Å². The molecule has 142 valence electrons. The average Bonchev–Trinajstić information content (AvgIpc) is 2.85. The van der Waals surface area contributed by atoms with Crippen molar-refractivity contribution in [2.24, 2.45) is 7.05 Å². The molecule has 2 rings (SSSR count). The number of aryl methyl sites for hydroxylation is 1. The number of hydrogen-bond acceptors (Lipinski definition) is 5. The van der Waals surface area contributed by atoms with Crippen molar-refractivity contribution in [2.75, 3.05) is 0 Å². The zero-order valence-electron chi connectivity index (χ0n) is 16.6. The molecule has 1 heterocycles. The molecule has 0 aromatic carbocycles. The lowest BCUT2D eigenvalue weighted by Crippen LogP contribution is -2.28. The van der Waals surface area contributed by atoms with E-state index >= 15 is 0 Å². The first-order chi connectivity index (χ1) is 12.4. The lowest BCUT2D eigenvalue weighted by molar-refractivity contribution is -0.148. The summed E-state index contributed by atoms with van der Waals surface area (Å²) in [6.07, 6.45) is 1.95. The highest BCUT2D eigenvalue weighted by molar-refractivity contribution is 6.20. The van der Waals surface area contributed by atoms with E-state index in [1.54, 1.807) is 47.9 Å². The van der Waals surface area contributed by atoms with Gasteiger partial charge in [-0.2, -0.15) is 5.26 Å². The lowest BCUT2D eigenvalue weighted by atomic mass is 9.99. The number of ether oxygens (including phenoxy) is 1. The lowest BCUT2D eigenvalue weighted by Gasteiger charge is -2.23. The van der Waals surface area contributed by atoms with Crippen molar-refractivity contribution < 1.29 is 14.6 Å². The van der Waals surface area contributed by atoms with Gasteiger partial charge < -0.3 is 14.4 Å². The third-order valence-corrected chi connectivity index (χ3v) is 4.17. The molecule has 1 aromatic heterocycles. The zero-order valence-corrected chi connectivity index (χ0v) is 16.6. The van der Waals surface area contributed by atoms with Crippen LogP contribution in [0.5, 0.6) is 0 Å². The molecule has 0 saturated carbocycles. The first kappa shape index (κ1) is 20.5. The Hall–Kier alpha value is -2.83. The van der Waals surface area contributed by atoms with Crippen molar-refractivity contribution in [3.05, 3.63) is 38.8 Å². The van der Waals surface area contributed by atoms with Gasteiger partial charge in [-0.15, -0.1) is 0 Å². The van der Waals surface area contributed by atoms with Gasteiger partial charge in [0.2, 0.25) is 0 Å². The fourth-order valence-corrected chi connectivity index (χ4v) is 2.94. The van der Waals surface area contributed by atoms with Gasteiger partial charge in [-0.3, -0.25) is 4.79 Å². The highest BCUT2D eigenvalue weighted by atomic mass is 16.6. The van der Waals surface area contributed by atoms with Gasteiger partial charge in [0, 0.05) is 36.4 Å². The summed E-state index contributed by atoms with van der Waals surface area (Å²) in [6, 6.07) is 2.00. The topological polar surface area (TPSA) is 92.3 Å². The highest BCUT2D eigenvalue weighted by Gasteiger charge is 2.33. The Bertz CT molecular complexity index is 986. The maximum absolute atomic E-state index is 12.9. The Morgan fingerprint density at radius 1 is 1.37 bits per heavy atom. The quantitative estimate of drug-likeness (QED) is 0.651. The molecule has 0 amide bonds. The average molecular weight is 368 g/mol. The summed E-state index contributed by atoms with van der Waals surface area (Å²) in [5.41, 5.74) is 0.113. The molecule has 0 atom stereocenters. The van der Waals surface area contributed by atoms with Crippen LogP contribution in [0.15, 0.2) is 16.6 Å². The minimum Gasteiger partial charge on any atom is -0.455 e. The van der Waals surface area contributed by atoms with Gasteiger partial charge in [0.25, 0.3) is 5.56 Å². The van der Waals surface area contributed by atoms with Crippen molar-refractivity contribution in [1.82, 2.24) is 4.57 Å². The van der Waals surface area contributed by atoms with E-state index < -0.39 is 17.2 Å². The number of nitriles is 1. The van der Waals surface area contributed by atoms with E-state index in [4.69, 9.17) is 10.00 Å². The van der Waals surface area contributed by atoms with Crippen molar-refractivity contribution in [1.29, 1.82) is 5.26 Å². The largest absolute Gasteiger partial charge is 0.455 e. The molecule has 0 saturated heterocycles. The second-order valence-electron chi connectivity index (χ2n) is 7.94. The fraction of sp³-hybridized carbons (Fsp3) is 0.476. The third-order valence-electron chi connectivity index (χ3n) is 4.17. The van der Waals surface area contributed by atoms with Gasteiger partial charge in [-0.25, -0.2) is 4.79 Å². The Kier molecular flexibility index (Phi) is 5.35. The summed E-state index contributed by atoms with van der Waals surface area (Å²) < 4.78 is 6.96. The van der Waals surface area contributed by atoms with Crippen molar-refractivity contribution in [3.63, 3.8) is 0 Å². The number of fused-ring (bicyclic) bond motifs is 1. The summed E-state index contributed by atoms with van der Waals surface area (Å²) in [5, 5.41) is 18.8. The van der Waals surface area contributed by atoms with Gasteiger partial charge in [0.05, 0.1) is 18.1 Å². The van der Waals surface area contributed by atoms with E-state index in [1.165, 1.54) is 4.57 Å². The number of rotatable bonds is 3. The molecular formula is C21H24N2O4. The number of pyridine rings is 1. The number of carbonyl (C=O) groups excluding carboxylic acids is 1. The van der Waals surface area contributed by atoms with Gasteiger partial charge in [0.15, 0.2) is 0 Å². The number of esters is 1. The van der Waals surface area contributed by atoms with E-state index in [2.05, 4.69) is 11.8 Å². The SMILES string of the molecule is CC1=C(C(=O)OC(C)(C)CC#N)c2c(C#CC(C)(C)O)cn(C)c(=O)c2C1. The summed E-state index contributed by atoms with van der Waals surface area (Å²) in [5.74, 6) is 5.04. The zero-order chi connectivity index (χ0) is 20.6. The van der Waals surface area contributed by atoms with E-state index in [0.29, 0.717) is 28.7 Å². The first-order valence-electron chi connectivity index (χ1n) is 8.65. The molecule has 6 heteroatoms. The van der Waals surface area contributed by atoms with Crippen LogP contribution in [-0.4, -0.2) is 26.8 Å². The predicted molar refractivity (Wildman–Crippen MR) is 102 cm³/mol. The molecule has 0 bridgehead atoms. The monoisotopic (exact) mass is 368 g/mol. The van der Waals surface area contributed by atoms with Crippen LogP contribution in [0.2, 0.25) is 0 Å². The van der Waals surface area contributed by atoms with Gasteiger partial charge in [-0.05, 0) is 34.6 Å². The molecule has 6 nitrogen and oxygen atoms in total. The highest BCUT2D eigenvalue weighted by Crippen LogP contribution is 2.35. The molecule has 1 aliphatic rings. The molecule has 0 spiro atoms. The molecule has 1 aliphatic carbocycles. The Morgan fingerprint density at radius 2 is 2.00 bits per heavy atom. The number of hydrogen-bond donors (Lipinski definition) is 1. The van der Waals surface area contributed by atoms with Crippen LogP contribution in [0.25, 0.3) is 5.57 Å². The van der Waals surface area contributed by atoms with Crippen molar-refractivity contribution in [2.45, 2.75) is 58.7 Å². The molecule has 1 aromatic rings. The van der Waals surface area contributed by atoms with Crippen LogP contribution in [0.4, 0.5) is 0 Å². The second kappa shape index (κ2) is 7.06. The molecule has 0 fully saturated rings. The number of allylic oxidation sites excluding steroid dienone is 1. The number of aliphatic hydroxyl groups is 1. The van der Waals surface area contributed by atoms with E-state index in [9.17, 15) is 14.7 Å². The molecular weight excluding hydrogens is 344 g/mol. The molecule has 27 heavy (non-hydrogen) atoms. The Morgan fingerprint density at radius 3 is 2.56 bits per heavy atom. The van der Waals surface area contributed by atoms with Gasteiger partial charge in [-0.1, -0.05) is 17.4 Å². The molecule has 0 aliphatic heterocycles. The number of aromatic nitrogens is 1. The third kappa shape index (κ3) is 4.48. The van der Waals surface area contributed by atoms with Crippen LogP contribution in [-0.2, 0) is 23.0 Å². The maximum Gasteiger partial charge on any atom is 0.339 e. The fourth-order valence-electron chi connectivity index (χ4n) is 2.94. The Labute approximate surface area is 159 Å². The Balaban J connectivity index is 2.61. The molecule has 0 radical (unpaired) electrons. The number of nitrogens with zero attached hydrogens (tertiary/aromatic N) is 2. The summed E-state index contributed by atoms with van der Waals surface area (Å²) in [7, 11) is 1.62. The summed E-state index contributed by atoms with van der Waals surface area (Å²) >= 11 is 0. The summed E-state index contributed by atoms with van der Waals surface area (Å²) in [4.78, 5) is 25.4. The molecule has 1 N–H and O–H groups in total. The van der Waals surface area contributed by atoms with E-state index in [-0.39, 0.29) is 12.0 Å². The smallest absolute Gasteiger partial charge is 0.339 e.